The molecule has 2 rings (SSSR count). The molecule has 2 heteroatoms. The van der Waals surface area contributed by atoms with Gasteiger partial charge in [-0.2, -0.15) is 0 Å². The van der Waals surface area contributed by atoms with Crippen molar-refractivity contribution >= 4 is 0 Å². The normalized spacial score (nSPS) is 28.6. The van der Waals surface area contributed by atoms with E-state index in [-0.39, 0.29) is 6.10 Å². The number of aryl methyl sites for hydroxylation is 1. The van der Waals surface area contributed by atoms with E-state index < -0.39 is 0 Å². The molecule has 0 aromatic carbocycles. The lowest BCUT2D eigenvalue weighted by molar-refractivity contribution is 0.0338. The Hall–Kier alpha value is -0.890. The van der Waals surface area contributed by atoms with E-state index >= 15 is 0 Å². The molecule has 3 atom stereocenters. The molecule has 1 fully saturated rings. The highest BCUT2D eigenvalue weighted by Gasteiger charge is 2.30. The smallest absolute Gasteiger partial charge is 0.0568 e. The SMILES string of the molecule is CC(C)C1CCC(O)C(CCc2cccnc2)C1. The summed E-state index contributed by atoms with van der Waals surface area (Å²) in [7, 11) is 0. The number of aliphatic hydroxyl groups excluding tert-OH is 1. The van der Waals surface area contributed by atoms with Gasteiger partial charge in [0.2, 0.25) is 0 Å². The lowest BCUT2D eigenvalue weighted by Crippen LogP contribution is -2.31. The molecule has 0 amide bonds. The predicted molar refractivity (Wildman–Crippen MR) is 74.2 cm³/mol. The van der Waals surface area contributed by atoms with Gasteiger partial charge in [0.25, 0.3) is 0 Å². The number of hydrogen-bond acceptors (Lipinski definition) is 2. The third-order valence-electron chi connectivity index (χ3n) is 4.45. The summed E-state index contributed by atoms with van der Waals surface area (Å²) in [6, 6.07) is 4.12. The van der Waals surface area contributed by atoms with Gasteiger partial charge in [0.15, 0.2) is 0 Å². The van der Waals surface area contributed by atoms with Crippen molar-refractivity contribution in [2.24, 2.45) is 17.8 Å². The van der Waals surface area contributed by atoms with Gasteiger partial charge < -0.3 is 5.11 Å². The molecule has 0 saturated heterocycles. The van der Waals surface area contributed by atoms with Gasteiger partial charge in [-0.3, -0.25) is 4.98 Å². The fourth-order valence-electron chi connectivity index (χ4n) is 3.10. The molecule has 0 aliphatic heterocycles. The summed E-state index contributed by atoms with van der Waals surface area (Å²) < 4.78 is 0. The lowest BCUT2D eigenvalue weighted by atomic mass is 9.73. The van der Waals surface area contributed by atoms with Crippen molar-refractivity contribution in [1.29, 1.82) is 0 Å². The van der Waals surface area contributed by atoms with Crippen molar-refractivity contribution in [1.82, 2.24) is 4.98 Å². The minimum Gasteiger partial charge on any atom is -0.393 e. The molecule has 2 nitrogen and oxygen atoms in total. The number of pyridine rings is 1. The average molecular weight is 247 g/mol. The second-order valence-electron chi connectivity index (χ2n) is 6.04. The molecular formula is C16H25NO. The zero-order chi connectivity index (χ0) is 13.0. The third kappa shape index (κ3) is 3.55. The number of aliphatic hydroxyl groups is 1. The van der Waals surface area contributed by atoms with Gasteiger partial charge in [-0.15, -0.1) is 0 Å². The van der Waals surface area contributed by atoms with Crippen molar-refractivity contribution in [3.05, 3.63) is 30.1 Å². The van der Waals surface area contributed by atoms with Crippen LogP contribution < -0.4 is 0 Å². The molecule has 1 aromatic heterocycles. The Balaban J connectivity index is 1.87. The van der Waals surface area contributed by atoms with Crippen molar-refractivity contribution in [2.45, 2.75) is 52.1 Å². The van der Waals surface area contributed by atoms with Crippen LogP contribution in [0.1, 0.15) is 45.1 Å². The Morgan fingerprint density at radius 3 is 2.89 bits per heavy atom. The van der Waals surface area contributed by atoms with Gasteiger partial charge in [0.1, 0.15) is 0 Å². The number of nitrogens with zero attached hydrogens (tertiary/aromatic N) is 1. The summed E-state index contributed by atoms with van der Waals surface area (Å²) in [5.74, 6) is 2.03. The Morgan fingerprint density at radius 1 is 1.39 bits per heavy atom. The maximum absolute atomic E-state index is 10.1. The maximum atomic E-state index is 10.1. The fraction of sp³-hybridized carbons (Fsp3) is 0.688. The van der Waals surface area contributed by atoms with Crippen LogP contribution in [0, 0.1) is 17.8 Å². The zero-order valence-corrected chi connectivity index (χ0v) is 11.5. The topological polar surface area (TPSA) is 33.1 Å². The average Bonchev–Trinajstić information content (AvgIpc) is 2.38. The molecular weight excluding hydrogens is 222 g/mol. The fourth-order valence-corrected chi connectivity index (χ4v) is 3.10. The summed E-state index contributed by atoms with van der Waals surface area (Å²) in [6.45, 7) is 4.61. The molecule has 1 aliphatic carbocycles. The van der Waals surface area contributed by atoms with Crippen molar-refractivity contribution in [3.63, 3.8) is 0 Å². The lowest BCUT2D eigenvalue weighted by Gasteiger charge is -2.35. The molecule has 1 aliphatic rings. The summed E-state index contributed by atoms with van der Waals surface area (Å²) >= 11 is 0. The minimum absolute atomic E-state index is 0.0864. The molecule has 0 bridgehead atoms. The second-order valence-corrected chi connectivity index (χ2v) is 6.04. The van der Waals surface area contributed by atoms with Gasteiger partial charge in [0, 0.05) is 12.4 Å². The van der Waals surface area contributed by atoms with Gasteiger partial charge in [-0.05, 0) is 61.5 Å². The van der Waals surface area contributed by atoms with Crippen LogP contribution >= 0.6 is 0 Å². The monoisotopic (exact) mass is 247 g/mol. The highest BCUT2D eigenvalue weighted by molar-refractivity contribution is 5.08. The van der Waals surface area contributed by atoms with Gasteiger partial charge in [0.05, 0.1) is 6.10 Å². The quantitative estimate of drug-likeness (QED) is 0.884. The van der Waals surface area contributed by atoms with E-state index in [0.717, 1.165) is 31.1 Å². The standard InChI is InChI=1S/C16H25NO/c1-12(2)14-7-8-16(18)15(10-14)6-5-13-4-3-9-17-11-13/h3-4,9,11-12,14-16,18H,5-8,10H2,1-2H3. The van der Waals surface area contributed by atoms with E-state index in [9.17, 15) is 5.11 Å². The Kier molecular flexibility index (Phi) is 4.76. The molecule has 100 valence electrons. The van der Waals surface area contributed by atoms with Crippen LogP contribution in [-0.2, 0) is 6.42 Å². The molecule has 1 heterocycles. The van der Waals surface area contributed by atoms with Gasteiger partial charge >= 0.3 is 0 Å². The molecule has 1 aromatic rings. The van der Waals surface area contributed by atoms with E-state index in [1.807, 2.05) is 18.5 Å². The first-order valence-electron chi connectivity index (χ1n) is 7.23. The molecule has 1 saturated carbocycles. The first kappa shape index (κ1) is 13.5. The molecule has 3 unspecified atom stereocenters. The van der Waals surface area contributed by atoms with Crippen LogP contribution in [0.3, 0.4) is 0 Å². The van der Waals surface area contributed by atoms with Gasteiger partial charge in [-0.1, -0.05) is 19.9 Å². The maximum Gasteiger partial charge on any atom is 0.0568 e. The second kappa shape index (κ2) is 6.33. The van der Waals surface area contributed by atoms with E-state index in [1.165, 1.54) is 18.4 Å². The summed E-state index contributed by atoms with van der Waals surface area (Å²) in [6.07, 6.45) is 9.18. The highest BCUT2D eigenvalue weighted by atomic mass is 16.3. The summed E-state index contributed by atoms with van der Waals surface area (Å²) in [4.78, 5) is 4.15. The van der Waals surface area contributed by atoms with E-state index in [2.05, 4.69) is 24.9 Å². The van der Waals surface area contributed by atoms with Crippen LogP contribution in [0.2, 0.25) is 0 Å². The van der Waals surface area contributed by atoms with E-state index in [1.54, 1.807) is 0 Å². The summed E-state index contributed by atoms with van der Waals surface area (Å²) in [5.41, 5.74) is 1.29. The summed E-state index contributed by atoms with van der Waals surface area (Å²) in [5, 5.41) is 10.1. The molecule has 0 radical (unpaired) electrons. The Bertz CT molecular complexity index is 349. The molecule has 0 spiro atoms. The third-order valence-corrected chi connectivity index (χ3v) is 4.45. The Morgan fingerprint density at radius 2 is 2.22 bits per heavy atom. The molecule has 1 N–H and O–H groups in total. The molecule has 18 heavy (non-hydrogen) atoms. The van der Waals surface area contributed by atoms with Crippen LogP contribution in [0.15, 0.2) is 24.5 Å². The predicted octanol–water partition coefficient (Wildman–Crippen LogP) is 3.45. The van der Waals surface area contributed by atoms with Crippen molar-refractivity contribution < 1.29 is 5.11 Å². The largest absolute Gasteiger partial charge is 0.393 e. The number of aromatic nitrogens is 1. The highest BCUT2D eigenvalue weighted by Crippen LogP contribution is 2.36. The van der Waals surface area contributed by atoms with Crippen molar-refractivity contribution in [2.75, 3.05) is 0 Å². The number of rotatable bonds is 4. The van der Waals surface area contributed by atoms with Crippen molar-refractivity contribution in [3.8, 4) is 0 Å². The zero-order valence-electron chi connectivity index (χ0n) is 11.5. The first-order valence-corrected chi connectivity index (χ1v) is 7.23. The first-order chi connectivity index (χ1) is 8.66. The van der Waals surface area contributed by atoms with Crippen LogP contribution in [-0.4, -0.2) is 16.2 Å². The Labute approximate surface area is 110 Å². The van der Waals surface area contributed by atoms with E-state index in [4.69, 9.17) is 0 Å². The van der Waals surface area contributed by atoms with E-state index in [0.29, 0.717) is 5.92 Å². The van der Waals surface area contributed by atoms with Gasteiger partial charge in [-0.25, -0.2) is 0 Å². The minimum atomic E-state index is -0.0864. The van der Waals surface area contributed by atoms with Crippen LogP contribution in [0.4, 0.5) is 0 Å². The van der Waals surface area contributed by atoms with Crippen LogP contribution in [0.5, 0.6) is 0 Å². The number of hydrogen-bond donors (Lipinski definition) is 1. The van der Waals surface area contributed by atoms with Crippen LogP contribution in [0.25, 0.3) is 0 Å².